The predicted molar refractivity (Wildman–Crippen MR) is 101 cm³/mol. The van der Waals surface area contributed by atoms with Gasteiger partial charge in [0.1, 0.15) is 5.75 Å². The Morgan fingerprint density at radius 1 is 1.08 bits per heavy atom. The minimum atomic E-state index is -3.22. The van der Waals surface area contributed by atoms with Crippen LogP contribution in [0.5, 0.6) is 5.75 Å². The molecule has 0 radical (unpaired) electrons. The third-order valence-corrected chi connectivity index (χ3v) is 5.05. The molecule has 0 fully saturated rings. The van der Waals surface area contributed by atoms with Crippen molar-refractivity contribution in [1.82, 2.24) is 4.90 Å². The number of nitrogens with zero attached hydrogens (tertiary/aromatic N) is 2. The van der Waals surface area contributed by atoms with Gasteiger partial charge in [0, 0.05) is 13.6 Å². The first-order valence-electron chi connectivity index (χ1n) is 8.31. The van der Waals surface area contributed by atoms with E-state index in [2.05, 4.69) is 18.5 Å². The second-order valence-electron chi connectivity index (χ2n) is 6.04. The second-order valence-corrected chi connectivity index (χ2v) is 8.05. The molecule has 24 heavy (non-hydrogen) atoms. The molecule has 1 aromatic rings. The summed E-state index contributed by atoms with van der Waals surface area (Å²) < 4.78 is 29.9. The van der Waals surface area contributed by atoms with E-state index < -0.39 is 10.0 Å². The van der Waals surface area contributed by atoms with Crippen molar-refractivity contribution in [1.29, 1.82) is 0 Å². The van der Waals surface area contributed by atoms with Crippen molar-refractivity contribution >= 4 is 15.7 Å². The molecule has 0 aromatic heterocycles. The van der Waals surface area contributed by atoms with E-state index in [1.807, 2.05) is 6.08 Å². The molecule has 0 saturated heterocycles. The SMILES string of the molecule is C=CCN(C)CCCCCCOc1ccc(N(C)S(C)(=O)=O)cc1. The average molecular weight is 355 g/mol. The van der Waals surface area contributed by atoms with Gasteiger partial charge < -0.3 is 9.64 Å². The van der Waals surface area contributed by atoms with Crippen LogP contribution in [0.15, 0.2) is 36.9 Å². The lowest BCUT2D eigenvalue weighted by atomic mass is 10.2. The summed E-state index contributed by atoms with van der Waals surface area (Å²) >= 11 is 0. The van der Waals surface area contributed by atoms with Crippen molar-refractivity contribution in [2.24, 2.45) is 0 Å². The van der Waals surface area contributed by atoms with Gasteiger partial charge in [-0.25, -0.2) is 8.42 Å². The molecule has 6 heteroatoms. The summed E-state index contributed by atoms with van der Waals surface area (Å²) in [5, 5.41) is 0. The number of benzene rings is 1. The van der Waals surface area contributed by atoms with Crippen molar-refractivity contribution in [3.05, 3.63) is 36.9 Å². The summed E-state index contributed by atoms with van der Waals surface area (Å²) in [6.45, 7) is 6.46. The number of unbranched alkanes of at least 4 members (excludes halogenated alkanes) is 3. The maximum atomic E-state index is 11.5. The zero-order valence-corrected chi connectivity index (χ0v) is 15.9. The average Bonchev–Trinajstić information content (AvgIpc) is 2.53. The Morgan fingerprint density at radius 3 is 2.29 bits per heavy atom. The lowest BCUT2D eigenvalue weighted by Crippen LogP contribution is -2.24. The molecule has 0 N–H and O–H groups in total. The van der Waals surface area contributed by atoms with Gasteiger partial charge >= 0.3 is 0 Å². The van der Waals surface area contributed by atoms with E-state index in [4.69, 9.17) is 4.74 Å². The van der Waals surface area contributed by atoms with Crippen LogP contribution in [0, 0.1) is 0 Å². The van der Waals surface area contributed by atoms with Crippen LogP contribution in [0.4, 0.5) is 5.69 Å². The number of ether oxygens (including phenoxy) is 1. The molecule has 0 amide bonds. The van der Waals surface area contributed by atoms with Gasteiger partial charge in [0.15, 0.2) is 0 Å². The Balaban J connectivity index is 2.21. The number of likely N-dealkylation sites (N-methyl/N-ethyl adjacent to an activating group) is 1. The Kier molecular flexibility index (Phi) is 8.85. The highest BCUT2D eigenvalue weighted by Gasteiger charge is 2.11. The van der Waals surface area contributed by atoms with Gasteiger partial charge in [-0.05, 0) is 50.7 Å². The minimum Gasteiger partial charge on any atom is -0.494 e. The van der Waals surface area contributed by atoms with Gasteiger partial charge in [-0.1, -0.05) is 18.9 Å². The molecule has 1 rings (SSSR count). The third-order valence-electron chi connectivity index (χ3n) is 3.84. The highest BCUT2D eigenvalue weighted by Crippen LogP contribution is 2.20. The molecule has 0 heterocycles. The second kappa shape index (κ2) is 10.4. The molecular formula is C18H30N2O3S. The molecule has 1 aromatic carbocycles. The first kappa shape index (κ1) is 20.5. The third kappa shape index (κ3) is 7.84. The normalized spacial score (nSPS) is 11.5. The smallest absolute Gasteiger partial charge is 0.231 e. The summed E-state index contributed by atoms with van der Waals surface area (Å²) in [7, 11) is 0.421. The molecule has 0 spiro atoms. The van der Waals surface area contributed by atoms with E-state index in [-0.39, 0.29) is 0 Å². The van der Waals surface area contributed by atoms with E-state index in [0.29, 0.717) is 12.3 Å². The lowest BCUT2D eigenvalue weighted by Gasteiger charge is -2.17. The molecule has 0 atom stereocenters. The highest BCUT2D eigenvalue weighted by atomic mass is 32.2. The number of hydrogen-bond acceptors (Lipinski definition) is 4. The highest BCUT2D eigenvalue weighted by molar-refractivity contribution is 7.92. The summed E-state index contributed by atoms with van der Waals surface area (Å²) in [4.78, 5) is 2.26. The standard InChI is InChI=1S/C18H30N2O3S/c1-5-14-19(2)15-8-6-7-9-16-23-18-12-10-17(11-13-18)20(3)24(4,21)22/h5,10-13H,1,6-9,14-16H2,2-4H3. The van der Waals surface area contributed by atoms with Crippen LogP contribution in [0.3, 0.4) is 0 Å². The first-order chi connectivity index (χ1) is 11.3. The fourth-order valence-electron chi connectivity index (χ4n) is 2.28. The van der Waals surface area contributed by atoms with Crippen molar-refractivity contribution in [3.8, 4) is 5.75 Å². The summed E-state index contributed by atoms with van der Waals surface area (Å²) in [5.74, 6) is 0.770. The number of sulfonamides is 1. The fourth-order valence-corrected chi connectivity index (χ4v) is 2.79. The molecule has 136 valence electrons. The van der Waals surface area contributed by atoms with Crippen LogP contribution in [0.1, 0.15) is 25.7 Å². The number of hydrogen-bond donors (Lipinski definition) is 0. The van der Waals surface area contributed by atoms with Gasteiger partial charge in [-0.3, -0.25) is 4.31 Å². The maximum absolute atomic E-state index is 11.5. The van der Waals surface area contributed by atoms with Crippen LogP contribution in [0.2, 0.25) is 0 Å². The van der Waals surface area contributed by atoms with E-state index in [9.17, 15) is 8.42 Å². The summed E-state index contributed by atoms with van der Waals surface area (Å²) in [5.41, 5.74) is 0.633. The zero-order valence-electron chi connectivity index (χ0n) is 15.1. The molecule has 0 aliphatic heterocycles. The Bertz CT molecular complexity index is 585. The maximum Gasteiger partial charge on any atom is 0.231 e. The Morgan fingerprint density at radius 2 is 1.71 bits per heavy atom. The molecule has 0 unspecified atom stereocenters. The Hall–Kier alpha value is -1.53. The van der Waals surface area contributed by atoms with E-state index in [1.165, 1.54) is 30.5 Å². The molecule has 0 aliphatic rings. The quantitative estimate of drug-likeness (QED) is 0.427. The van der Waals surface area contributed by atoms with Crippen LogP contribution in [-0.4, -0.2) is 53.4 Å². The van der Waals surface area contributed by atoms with E-state index in [0.717, 1.165) is 31.7 Å². The Labute approximate surface area is 147 Å². The van der Waals surface area contributed by atoms with E-state index >= 15 is 0 Å². The van der Waals surface area contributed by atoms with Crippen LogP contribution < -0.4 is 9.04 Å². The lowest BCUT2D eigenvalue weighted by molar-refractivity contribution is 0.300. The van der Waals surface area contributed by atoms with E-state index in [1.54, 1.807) is 24.3 Å². The van der Waals surface area contributed by atoms with Crippen LogP contribution >= 0.6 is 0 Å². The first-order valence-corrected chi connectivity index (χ1v) is 10.2. The zero-order chi connectivity index (χ0) is 18.0. The fraction of sp³-hybridized carbons (Fsp3) is 0.556. The summed E-state index contributed by atoms with van der Waals surface area (Å²) in [6.07, 6.45) is 7.67. The number of anilines is 1. The van der Waals surface area contributed by atoms with Gasteiger partial charge in [0.25, 0.3) is 0 Å². The minimum absolute atomic E-state index is 0.633. The molecule has 5 nitrogen and oxygen atoms in total. The monoisotopic (exact) mass is 354 g/mol. The molecular weight excluding hydrogens is 324 g/mol. The van der Waals surface area contributed by atoms with Gasteiger partial charge in [-0.15, -0.1) is 6.58 Å². The van der Waals surface area contributed by atoms with Crippen molar-refractivity contribution < 1.29 is 13.2 Å². The van der Waals surface area contributed by atoms with Crippen molar-refractivity contribution in [3.63, 3.8) is 0 Å². The van der Waals surface area contributed by atoms with Gasteiger partial charge in [-0.2, -0.15) is 0 Å². The van der Waals surface area contributed by atoms with Crippen LogP contribution in [0.25, 0.3) is 0 Å². The number of rotatable bonds is 12. The summed E-state index contributed by atoms with van der Waals surface area (Å²) in [6, 6.07) is 7.13. The predicted octanol–water partition coefficient (Wildman–Crippen LogP) is 3.14. The topological polar surface area (TPSA) is 49.9 Å². The van der Waals surface area contributed by atoms with Crippen molar-refractivity contribution in [2.75, 3.05) is 44.4 Å². The van der Waals surface area contributed by atoms with Crippen LogP contribution in [-0.2, 0) is 10.0 Å². The van der Waals surface area contributed by atoms with Gasteiger partial charge in [0.05, 0.1) is 18.6 Å². The molecule has 0 saturated carbocycles. The molecule has 0 aliphatic carbocycles. The van der Waals surface area contributed by atoms with Gasteiger partial charge in [0.2, 0.25) is 10.0 Å². The largest absolute Gasteiger partial charge is 0.494 e. The van der Waals surface area contributed by atoms with Crippen molar-refractivity contribution in [2.45, 2.75) is 25.7 Å². The molecule has 0 bridgehead atoms.